The molecule has 0 aliphatic rings. The van der Waals surface area contributed by atoms with Gasteiger partial charge < -0.3 is 16.2 Å². The minimum absolute atomic E-state index is 0.0249. The molecule has 1 aromatic rings. The summed E-state index contributed by atoms with van der Waals surface area (Å²) >= 11 is 6.07. The number of aliphatic hydroxyl groups excluding tert-OH is 1. The van der Waals surface area contributed by atoms with Crippen molar-refractivity contribution in [1.29, 1.82) is 0 Å². The van der Waals surface area contributed by atoms with Gasteiger partial charge in [0, 0.05) is 23.2 Å². The van der Waals surface area contributed by atoms with E-state index in [1.165, 1.54) is 0 Å². The molecule has 0 bridgehead atoms. The van der Waals surface area contributed by atoms with Crippen molar-refractivity contribution in [1.82, 2.24) is 5.32 Å². The van der Waals surface area contributed by atoms with Crippen LogP contribution < -0.4 is 11.1 Å². The van der Waals surface area contributed by atoms with E-state index >= 15 is 0 Å². The van der Waals surface area contributed by atoms with Crippen molar-refractivity contribution in [3.63, 3.8) is 0 Å². The number of hydrogen-bond acceptors (Lipinski definition) is 3. The van der Waals surface area contributed by atoms with E-state index < -0.39 is 5.91 Å². The molecule has 4 N–H and O–H groups in total. The summed E-state index contributed by atoms with van der Waals surface area (Å²) in [5.74, 6) is -0.162. The molecule has 0 spiro atoms. The second-order valence-electron chi connectivity index (χ2n) is 4.58. The van der Waals surface area contributed by atoms with Gasteiger partial charge in [-0.1, -0.05) is 31.5 Å². The molecule has 0 aromatic heterocycles. The molecule has 1 atom stereocenters. The monoisotopic (exact) mass is 270 g/mol. The Kier molecular flexibility index (Phi) is 5.59. The summed E-state index contributed by atoms with van der Waals surface area (Å²) in [6, 6.07) is 5.00. The lowest BCUT2D eigenvalue weighted by atomic mass is 10.0. The van der Waals surface area contributed by atoms with Crippen molar-refractivity contribution < 1.29 is 9.90 Å². The number of rotatable bonds is 6. The first-order chi connectivity index (χ1) is 8.45. The summed E-state index contributed by atoms with van der Waals surface area (Å²) in [5, 5.41) is 12.9. The third kappa shape index (κ3) is 3.98. The van der Waals surface area contributed by atoms with Crippen LogP contribution in [-0.4, -0.2) is 23.7 Å². The maximum absolute atomic E-state index is 11.0. The molecular weight excluding hydrogens is 252 g/mol. The molecule has 0 heterocycles. The van der Waals surface area contributed by atoms with E-state index in [-0.39, 0.29) is 12.6 Å². The molecule has 0 fully saturated rings. The van der Waals surface area contributed by atoms with Crippen molar-refractivity contribution >= 4 is 17.5 Å². The Balaban J connectivity index is 2.71. The Labute approximate surface area is 112 Å². The molecule has 1 aromatic carbocycles. The summed E-state index contributed by atoms with van der Waals surface area (Å²) in [6.07, 6.45) is 0. The number of aliphatic hydroxyl groups is 1. The molecule has 4 nitrogen and oxygen atoms in total. The lowest BCUT2D eigenvalue weighted by molar-refractivity contribution is 0.100. The fourth-order valence-electron chi connectivity index (χ4n) is 1.60. The van der Waals surface area contributed by atoms with Crippen LogP contribution in [0.15, 0.2) is 18.2 Å². The number of nitrogens with one attached hydrogen (secondary N) is 1. The topological polar surface area (TPSA) is 75.3 Å². The second kappa shape index (κ2) is 6.73. The summed E-state index contributed by atoms with van der Waals surface area (Å²) in [6.45, 7) is 4.69. The van der Waals surface area contributed by atoms with Gasteiger partial charge >= 0.3 is 0 Å². The molecule has 100 valence electrons. The van der Waals surface area contributed by atoms with Crippen LogP contribution in [0.1, 0.15) is 29.8 Å². The van der Waals surface area contributed by atoms with Crippen LogP contribution in [0.25, 0.3) is 0 Å². The third-order valence-corrected chi connectivity index (χ3v) is 3.25. The van der Waals surface area contributed by atoms with Crippen LogP contribution in [0, 0.1) is 5.92 Å². The zero-order chi connectivity index (χ0) is 13.7. The molecule has 0 aliphatic carbocycles. The number of halogens is 1. The van der Waals surface area contributed by atoms with Crippen LogP contribution >= 0.6 is 11.6 Å². The molecule has 0 radical (unpaired) electrons. The minimum Gasteiger partial charge on any atom is -0.395 e. The highest BCUT2D eigenvalue weighted by molar-refractivity contribution is 6.31. The lowest BCUT2D eigenvalue weighted by Gasteiger charge is -2.20. The maximum Gasteiger partial charge on any atom is 0.248 e. The van der Waals surface area contributed by atoms with E-state index in [4.69, 9.17) is 17.3 Å². The quantitative estimate of drug-likeness (QED) is 0.734. The number of primary amides is 1. The number of nitrogens with two attached hydrogens (primary N) is 1. The largest absolute Gasteiger partial charge is 0.395 e. The molecular formula is C13H19ClN2O2. The number of carbonyl (C=O) groups is 1. The molecule has 0 aliphatic heterocycles. The third-order valence-electron chi connectivity index (χ3n) is 2.89. The van der Waals surface area contributed by atoms with E-state index in [0.717, 1.165) is 5.56 Å². The molecule has 1 rings (SSSR count). The van der Waals surface area contributed by atoms with Gasteiger partial charge in [0.05, 0.1) is 6.61 Å². The van der Waals surface area contributed by atoms with Crippen molar-refractivity contribution in [2.45, 2.75) is 26.4 Å². The Morgan fingerprint density at radius 1 is 1.50 bits per heavy atom. The van der Waals surface area contributed by atoms with Gasteiger partial charge in [-0.2, -0.15) is 0 Å². The van der Waals surface area contributed by atoms with Crippen molar-refractivity contribution in [2.24, 2.45) is 11.7 Å². The Morgan fingerprint density at radius 3 is 2.61 bits per heavy atom. The average Bonchev–Trinajstić information content (AvgIpc) is 2.30. The molecule has 1 amide bonds. The van der Waals surface area contributed by atoms with Gasteiger partial charge in [0.25, 0.3) is 0 Å². The number of carbonyl (C=O) groups excluding carboxylic acids is 1. The maximum atomic E-state index is 11.0. The fraction of sp³-hybridized carbons (Fsp3) is 0.462. The second-order valence-corrected chi connectivity index (χ2v) is 4.99. The fourth-order valence-corrected chi connectivity index (χ4v) is 1.84. The number of hydrogen-bond donors (Lipinski definition) is 3. The van der Waals surface area contributed by atoms with Crippen molar-refractivity contribution in [3.05, 3.63) is 34.3 Å². The van der Waals surface area contributed by atoms with Gasteiger partial charge in [-0.05, 0) is 23.6 Å². The predicted molar refractivity (Wildman–Crippen MR) is 72.5 cm³/mol. The predicted octanol–water partition coefficient (Wildman–Crippen LogP) is 1.55. The van der Waals surface area contributed by atoms with Gasteiger partial charge in [-0.25, -0.2) is 0 Å². The van der Waals surface area contributed by atoms with Gasteiger partial charge in [0.1, 0.15) is 0 Å². The summed E-state index contributed by atoms with van der Waals surface area (Å²) in [5.41, 5.74) is 6.44. The Hall–Kier alpha value is -1.10. The Morgan fingerprint density at radius 2 is 2.17 bits per heavy atom. The van der Waals surface area contributed by atoms with E-state index in [1.807, 2.05) is 13.8 Å². The van der Waals surface area contributed by atoms with Crippen LogP contribution in [0.2, 0.25) is 5.02 Å². The zero-order valence-corrected chi connectivity index (χ0v) is 11.4. The van der Waals surface area contributed by atoms with Crippen LogP contribution in [0.5, 0.6) is 0 Å². The van der Waals surface area contributed by atoms with Gasteiger partial charge in [0.15, 0.2) is 0 Å². The van der Waals surface area contributed by atoms with E-state index in [1.54, 1.807) is 18.2 Å². The number of amides is 1. The summed E-state index contributed by atoms with van der Waals surface area (Å²) in [4.78, 5) is 11.0. The molecule has 0 saturated heterocycles. The van der Waals surface area contributed by atoms with Gasteiger partial charge in [-0.3, -0.25) is 4.79 Å². The van der Waals surface area contributed by atoms with Crippen molar-refractivity contribution in [3.8, 4) is 0 Å². The molecule has 18 heavy (non-hydrogen) atoms. The zero-order valence-electron chi connectivity index (χ0n) is 10.6. The lowest BCUT2D eigenvalue weighted by Crippen LogP contribution is -2.36. The van der Waals surface area contributed by atoms with Gasteiger partial charge in [-0.15, -0.1) is 0 Å². The van der Waals surface area contributed by atoms with E-state index in [9.17, 15) is 9.90 Å². The standard InChI is InChI=1S/C13H19ClN2O2/c1-8(2)12(7-17)16-6-10-4-3-9(13(15)18)5-11(10)14/h3-5,8,12,16-17H,6-7H2,1-2H3,(H2,15,18). The molecule has 5 heteroatoms. The van der Waals surface area contributed by atoms with E-state index in [2.05, 4.69) is 5.32 Å². The van der Waals surface area contributed by atoms with Crippen LogP contribution in [0.4, 0.5) is 0 Å². The highest BCUT2D eigenvalue weighted by Crippen LogP contribution is 2.18. The SMILES string of the molecule is CC(C)C(CO)NCc1ccc(C(N)=O)cc1Cl. The minimum atomic E-state index is -0.494. The van der Waals surface area contributed by atoms with Crippen molar-refractivity contribution in [2.75, 3.05) is 6.61 Å². The molecule has 0 saturated carbocycles. The first-order valence-electron chi connectivity index (χ1n) is 5.88. The Bertz CT molecular complexity index is 421. The van der Waals surface area contributed by atoms with Gasteiger partial charge in [0.2, 0.25) is 5.91 Å². The highest BCUT2D eigenvalue weighted by atomic mass is 35.5. The molecule has 1 unspecified atom stereocenters. The first kappa shape index (κ1) is 15.0. The summed E-state index contributed by atoms with van der Waals surface area (Å²) in [7, 11) is 0. The normalized spacial score (nSPS) is 12.7. The first-order valence-corrected chi connectivity index (χ1v) is 6.26. The average molecular weight is 271 g/mol. The van der Waals surface area contributed by atoms with Crippen LogP contribution in [0.3, 0.4) is 0 Å². The highest BCUT2D eigenvalue weighted by Gasteiger charge is 2.12. The summed E-state index contributed by atoms with van der Waals surface area (Å²) < 4.78 is 0. The van der Waals surface area contributed by atoms with E-state index in [0.29, 0.717) is 23.0 Å². The smallest absolute Gasteiger partial charge is 0.248 e. The number of benzene rings is 1. The van der Waals surface area contributed by atoms with Crippen LogP contribution in [-0.2, 0) is 6.54 Å².